The summed E-state index contributed by atoms with van der Waals surface area (Å²) in [5.74, 6) is 0.530. The predicted molar refractivity (Wildman–Crippen MR) is 125 cm³/mol. The van der Waals surface area contributed by atoms with Crippen LogP contribution in [0.25, 0.3) is 10.2 Å². The molecule has 0 saturated heterocycles. The molecule has 8 heteroatoms. The van der Waals surface area contributed by atoms with Crippen molar-refractivity contribution in [2.45, 2.75) is 37.6 Å². The van der Waals surface area contributed by atoms with E-state index in [2.05, 4.69) is 10.3 Å². The molecule has 0 bridgehead atoms. The highest BCUT2D eigenvalue weighted by Crippen LogP contribution is 2.32. The number of rotatable bonds is 10. The second-order valence-corrected chi connectivity index (χ2v) is 9.12. The second kappa shape index (κ2) is 11.2. The van der Waals surface area contributed by atoms with E-state index in [1.807, 2.05) is 56.3 Å². The zero-order chi connectivity index (χ0) is 22.2. The van der Waals surface area contributed by atoms with Gasteiger partial charge in [0.05, 0.1) is 41.6 Å². The van der Waals surface area contributed by atoms with Gasteiger partial charge in [-0.15, -0.1) is 11.3 Å². The molecule has 1 aromatic heterocycles. The Labute approximate surface area is 190 Å². The smallest absolute Gasteiger partial charge is 0.308 e. The number of amides is 1. The van der Waals surface area contributed by atoms with Gasteiger partial charge in [0.1, 0.15) is 5.75 Å². The van der Waals surface area contributed by atoms with Crippen LogP contribution in [0.4, 0.5) is 0 Å². The number of carbonyl (C=O) groups excluding carboxylic acids is 2. The maximum Gasteiger partial charge on any atom is 0.308 e. The van der Waals surface area contributed by atoms with E-state index in [1.54, 1.807) is 6.92 Å². The summed E-state index contributed by atoms with van der Waals surface area (Å²) in [5.41, 5.74) is 2.88. The molecule has 31 heavy (non-hydrogen) atoms. The van der Waals surface area contributed by atoms with Crippen molar-refractivity contribution in [1.29, 1.82) is 0 Å². The Morgan fingerprint density at radius 1 is 1.13 bits per heavy atom. The van der Waals surface area contributed by atoms with Crippen molar-refractivity contribution in [1.82, 2.24) is 10.3 Å². The monoisotopic (exact) mass is 458 g/mol. The maximum atomic E-state index is 12.6. The molecule has 0 saturated carbocycles. The van der Waals surface area contributed by atoms with Gasteiger partial charge in [-0.1, -0.05) is 41.6 Å². The lowest BCUT2D eigenvalue weighted by atomic mass is 10.0. The van der Waals surface area contributed by atoms with Crippen LogP contribution in [0.3, 0.4) is 0 Å². The van der Waals surface area contributed by atoms with E-state index >= 15 is 0 Å². The highest BCUT2D eigenvalue weighted by atomic mass is 32.2. The Morgan fingerprint density at radius 3 is 2.61 bits per heavy atom. The number of hydrogen-bond donors (Lipinski definition) is 1. The summed E-state index contributed by atoms with van der Waals surface area (Å²) in [6.45, 7) is 6.63. The molecule has 0 fully saturated rings. The molecule has 1 atom stereocenters. The molecular weight excluding hydrogens is 432 g/mol. The lowest BCUT2D eigenvalue weighted by Gasteiger charge is -2.18. The van der Waals surface area contributed by atoms with Crippen molar-refractivity contribution in [3.05, 3.63) is 53.6 Å². The Kier molecular flexibility index (Phi) is 8.31. The van der Waals surface area contributed by atoms with E-state index in [4.69, 9.17) is 9.47 Å². The van der Waals surface area contributed by atoms with Crippen molar-refractivity contribution in [2.24, 2.45) is 0 Å². The van der Waals surface area contributed by atoms with E-state index in [9.17, 15) is 9.59 Å². The molecule has 3 rings (SSSR count). The summed E-state index contributed by atoms with van der Waals surface area (Å²) >= 11 is 2.91. The number of hydrogen-bond acceptors (Lipinski definition) is 7. The van der Waals surface area contributed by atoms with Gasteiger partial charge in [0, 0.05) is 0 Å². The van der Waals surface area contributed by atoms with Crippen molar-refractivity contribution in [3.8, 4) is 5.75 Å². The molecule has 1 heterocycles. The Balaban J connectivity index is 1.64. The number of nitrogens with one attached hydrogen (secondary N) is 1. The van der Waals surface area contributed by atoms with Crippen molar-refractivity contribution < 1.29 is 19.1 Å². The fourth-order valence-electron chi connectivity index (χ4n) is 3.00. The Bertz CT molecular complexity index is 1030. The minimum Gasteiger partial charge on any atom is -0.494 e. The lowest BCUT2D eigenvalue weighted by molar-refractivity contribution is -0.143. The van der Waals surface area contributed by atoms with Crippen LogP contribution in [0.2, 0.25) is 0 Å². The summed E-state index contributed by atoms with van der Waals surface area (Å²) in [7, 11) is 0. The van der Waals surface area contributed by atoms with E-state index in [1.165, 1.54) is 23.1 Å². The van der Waals surface area contributed by atoms with Crippen molar-refractivity contribution >= 4 is 45.2 Å². The highest BCUT2D eigenvalue weighted by molar-refractivity contribution is 8.01. The standard InChI is InChI=1S/C23H26N2O4S2/c1-4-28-17-10-11-18-20(12-17)31-23(25-18)30-14-21(26)24-19(13-22(27)29-5-2)16-8-6-15(3)7-9-16/h6-12,19H,4-5,13-14H2,1-3H3,(H,24,26). The molecule has 0 radical (unpaired) electrons. The molecule has 164 valence electrons. The van der Waals surface area contributed by atoms with E-state index < -0.39 is 6.04 Å². The third-order valence-corrected chi connectivity index (χ3v) is 6.63. The van der Waals surface area contributed by atoms with E-state index in [-0.39, 0.29) is 24.1 Å². The van der Waals surface area contributed by atoms with Crippen LogP contribution in [-0.4, -0.2) is 35.8 Å². The highest BCUT2D eigenvalue weighted by Gasteiger charge is 2.20. The first-order valence-electron chi connectivity index (χ1n) is 10.2. The van der Waals surface area contributed by atoms with E-state index in [0.29, 0.717) is 13.2 Å². The first-order valence-corrected chi connectivity index (χ1v) is 12.0. The number of thioether (sulfide) groups is 1. The molecule has 1 unspecified atom stereocenters. The summed E-state index contributed by atoms with van der Waals surface area (Å²) in [4.78, 5) is 29.2. The van der Waals surface area contributed by atoms with Gasteiger partial charge in [0.25, 0.3) is 0 Å². The second-order valence-electron chi connectivity index (χ2n) is 6.87. The summed E-state index contributed by atoms with van der Waals surface area (Å²) in [6.07, 6.45) is 0.0919. The first-order chi connectivity index (χ1) is 15.0. The Morgan fingerprint density at radius 2 is 1.90 bits per heavy atom. The van der Waals surface area contributed by atoms with Gasteiger partial charge in [-0.05, 0) is 44.5 Å². The number of carbonyl (C=O) groups is 2. The number of thiazole rings is 1. The number of aromatic nitrogens is 1. The number of nitrogens with zero attached hydrogens (tertiary/aromatic N) is 1. The predicted octanol–water partition coefficient (Wildman–Crippen LogP) is 4.91. The van der Waals surface area contributed by atoms with Crippen LogP contribution in [0, 0.1) is 6.92 Å². The van der Waals surface area contributed by atoms with Crippen LogP contribution >= 0.6 is 23.1 Å². The number of esters is 1. The van der Waals surface area contributed by atoms with E-state index in [0.717, 1.165) is 31.4 Å². The summed E-state index contributed by atoms with van der Waals surface area (Å²) in [6, 6.07) is 13.1. The molecule has 2 aromatic carbocycles. The third kappa shape index (κ3) is 6.70. The third-order valence-electron chi connectivity index (χ3n) is 4.47. The fraction of sp³-hybridized carbons (Fsp3) is 0.348. The van der Waals surface area contributed by atoms with Gasteiger partial charge in [0.15, 0.2) is 4.34 Å². The Hall–Kier alpha value is -2.58. The van der Waals surface area contributed by atoms with Gasteiger partial charge in [-0.2, -0.15) is 0 Å². The van der Waals surface area contributed by atoms with Crippen LogP contribution in [0.15, 0.2) is 46.8 Å². The SMILES string of the molecule is CCOC(=O)CC(NC(=O)CSc1nc2ccc(OCC)cc2s1)c1ccc(C)cc1. The average molecular weight is 459 g/mol. The quantitative estimate of drug-likeness (QED) is 0.344. The van der Waals surface area contributed by atoms with Crippen molar-refractivity contribution in [3.63, 3.8) is 0 Å². The largest absolute Gasteiger partial charge is 0.494 e. The molecule has 3 aromatic rings. The molecule has 1 N–H and O–H groups in total. The number of aryl methyl sites for hydroxylation is 1. The van der Waals surface area contributed by atoms with Crippen LogP contribution in [0.1, 0.15) is 37.4 Å². The lowest BCUT2D eigenvalue weighted by Crippen LogP contribution is -2.31. The maximum absolute atomic E-state index is 12.6. The molecule has 6 nitrogen and oxygen atoms in total. The molecule has 1 amide bonds. The number of fused-ring (bicyclic) bond motifs is 1. The number of ether oxygens (including phenoxy) is 2. The van der Waals surface area contributed by atoms with Gasteiger partial charge in [-0.3, -0.25) is 9.59 Å². The number of benzene rings is 2. The topological polar surface area (TPSA) is 77.5 Å². The first kappa shape index (κ1) is 23.1. The molecule has 0 aliphatic rings. The van der Waals surface area contributed by atoms with Crippen LogP contribution in [-0.2, 0) is 14.3 Å². The van der Waals surface area contributed by atoms with Gasteiger partial charge in [0.2, 0.25) is 5.91 Å². The van der Waals surface area contributed by atoms with Crippen LogP contribution < -0.4 is 10.1 Å². The zero-order valence-corrected chi connectivity index (χ0v) is 19.5. The molecule has 0 spiro atoms. The molecular formula is C23H26N2O4S2. The zero-order valence-electron chi connectivity index (χ0n) is 17.8. The fourth-order valence-corrected chi connectivity index (χ4v) is 4.91. The van der Waals surface area contributed by atoms with Gasteiger partial charge >= 0.3 is 5.97 Å². The molecule has 0 aliphatic carbocycles. The summed E-state index contributed by atoms with van der Waals surface area (Å²) in [5, 5.41) is 2.97. The molecule has 0 aliphatic heterocycles. The normalized spacial score (nSPS) is 11.8. The van der Waals surface area contributed by atoms with Gasteiger partial charge < -0.3 is 14.8 Å². The van der Waals surface area contributed by atoms with Crippen LogP contribution in [0.5, 0.6) is 5.75 Å². The minimum absolute atomic E-state index is 0.0919. The average Bonchev–Trinajstić information content (AvgIpc) is 3.15. The minimum atomic E-state index is -0.433. The van der Waals surface area contributed by atoms with Gasteiger partial charge in [-0.25, -0.2) is 4.98 Å². The van der Waals surface area contributed by atoms with Crippen molar-refractivity contribution in [2.75, 3.05) is 19.0 Å². The summed E-state index contributed by atoms with van der Waals surface area (Å²) < 4.78 is 12.4.